The highest BCUT2D eigenvalue weighted by atomic mass is 16.8. The quantitative estimate of drug-likeness (QED) is 0.301. The first-order valence-corrected chi connectivity index (χ1v) is 17.4. The van der Waals surface area contributed by atoms with Crippen molar-refractivity contribution in [2.45, 2.75) is 160 Å². The molecule has 0 aromatic carbocycles. The molecular weight excluding hydrogens is 564 g/mol. The first-order valence-electron chi connectivity index (χ1n) is 17.4. The van der Waals surface area contributed by atoms with Crippen LogP contribution in [0.5, 0.6) is 0 Å². The van der Waals surface area contributed by atoms with Gasteiger partial charge in [0.25, 0.3) is 0 Å². The second kappa shape index (κ2) is 9.00. The molecule has 250 valence electrons. The average Bonchev–Trinajstić information content (AvgIpc) is 3.38. The minimum absolute atomic E-state index is 0.0465. The number of ether oxygens (including phenoxy) is 4. The molecule has 5 N–H and O–H groups in total. The lowest BCUT2D eigenvalue weighted by Gasteiger charge is -2.64. The molecular formula is C35H56O9. The van der Waals surface area contributed by atoms with E-state index in [1.165, 1.54) is 0 Å². The van der Waals surface area contributed by atoms with Crippen LogP contribution in [-0.2, 0) is 18.9 Å². The molecule has 0 aromatic rings. The first kappa shape index (κ1) is 30.9. The normalized spacial score (nSPS) is 62.2. The summed E-state index contributed by atoms with van der Waals surface area (Å²) in [6, 6.07) is 0. The fourth-order valence-corrected chi connectivity index (χ4v) is 14.0. The van der Waals surface area contributed by atoms with E-state index in [-0.39, 0.29) is 69.7 Å². The Labute approximate surface area is 262 Å². The van der Waals surface area contributed by atoms with Gasteiger partial charge in [-0.1, -0.05) is 34.6 Å². The Hall–Kier alpha value is -0.360. The third-order valence-corrected chi connectivity index (χ3v) is 15.7. The van der Waals surface area contributed by atoms with Crippen LogP contribution in [-0.4, -0.2) is 92.5 Å². The van der Waals surface area contributed by atoms with Gasteiger partial charge in [0, 0.05) is 12.3 Å². The van der Waals surface area contributed by atoms with Crippen molar-refractivity contribution in [1.82, 2.24) is 0 Å². The van der Waals surface area contributed by atoms with E-state index in [0.29, 0.717) is 12.3 Å². The van der Waals surface area contributed by atoms with E-state index in [4.69, 9.17) is 18.9 Å². The second-order valence-corrected chi connectivity index (χ2v) is 18.4. The second-order valence-electron chi connectivity index (χ2n) is 18.4. The highest BCUT2D eigenvalue weighted by Crippen LogP contribution is 2.90. The monoisotopic (exact) mass is 620 g/mol. The van der Waals surface area contributed by atoms with E-state index in [1.807, 2.05) is 13.8 Å². The van der Waals surface area contributed by atoms with Gasteiger partial charge >= 0.3 is 0 Å². The van der Waals surface area contributed by atoms with Crippen LogP contribution in [0.1, 0.15) is 99.8 Å². The van der Waals surface area contributed by atoms with Crippen molar-refractivity contribution < 1.29 is 44.5 Å². The third kappa shape index (κ3) is 3.53. The molecule has 3 saturated heterocycles. The van der Waals surface area contributed by atoms with E-state index < -0.39 is 42.1 Å². The Bertz CT molecular complexity index is 1200. The van der Waals surface area contributed by atoms with Gasteiger partial charge in [0.05, 0.1) is 30.5 Å². The fourth-order valence-electron chi connectivity index (χ4n) is 14.0. The predicted molar refractivity (Wildman–Crippen MR) is 159 cm³/mol. The molecule has 5 aliphatic carbocycles. The molecule has 9 heteroatoms. The lowest BCUT2D eigenvalue weighted by atomic mass is 9.41. The van der Waals surface area contributed by atoms with Crippen molar-refractivity contribution in [3.05, 3.63) is 0 Å². The predicted octanol–water partition coefficient (Wildman–Crippen LogP) is 3.12. The van der Waals surface area contributed by atoms with Gasteiger partial charge in [0.2, 0.25) is 0 Å². The average molecular weight is 621 g/mol. The molecule has 5 saturated carbocycles. The van der Waals surface area contributed by atoms with Gasteiger partial charge in [-0.05, 0) is 104 Å². The topological polar surface area (TPSA) is 138 Å². The zero-order valence-corrected chi connectivity index (χ0v) is 27.7. The summed E-state index contributed by atoms with van der Waals surface area (Å²) < 4.78 is 25.9. The number of aliphatic hydroxyl groups is 5. The van der Waals surface area contributed by atoms with Crippen LogP contribution < -0.4 is 0 Å². The van der Waals surface area contributed by atoms with Gasteiger partial charge in [-0.25, -0.2) is 0 Å². The maximum absolute atomic E-state index is 12.4. The molecule has 2 bridgehead atoms. The molecule has 3 spiro atoms. The molecule has 0 amide bonds. The molecule has 44 heavy (non-hydrogen) atoms. The summed E-state index contributed by atoms with van der Waals surface area (Å²) in [6.07, 6.45) is 1.70. The summed E-state index contributed by atoms with van der Waals surface area (Å²) in [5.41, 5.74) is -1.28. The molecule has 0 unspecified atom stereocenters. The van der Waals surface area contributed by atoms with Crippen molar-refractivity contribution >= 4 is 0 Å². The van der Waals surface area contributed by atoms with E-state index in [2.05, 4.69) is 34.6 Å². The fraction of sp³-hybridized carbons (Fsp3) is 1.00. The summed E-state index contributed by atoms with van der Waals surface area (Å²) in [6.45, 7) is 15.4. The Kier molecular flexibility index (Phi) is 6.33. The summed E-state index contributed by atoms with van der Waals surface area (Å²) >= 11 is 0. The van der Waals surface area contributed by atoms with E-state index in [0.717, 1.165) is 44.9 Å². The van der Waals surface area contributed by atoms with Gasteiger partial charge in [-0.15, -0.1) is 0 Å². The standard InChI is InChI=1S/C35H56O9/c1-17-12-20-27(30(4,5)40)44-35(43-20)15-32(7)26-18(36)13-21-29(2,3)22(42-28-24(39)23(38)19(37)14-41-28)8-9-33(21)16-34(26,33)11-10-31(32,6)25(17)35/h17-28,36-40H,8-16H2,1-7H3/t17-,18-,19-,20-,21-,22-,23+,24-,25+,26+,27-,28+,31-,32+,33-,34+,35-/m1/s1. The number of rotatable bonds is 3. The minimum Gasteiger partial charge on any atom is -0.393 e. The minimum atomic E-state index is -1.31. The number of aliphatic hydroxyl groups excluding tert-OH is 4. The van der Waals surface area contributed by atoms with Crippen molar-refractivity contribution in [3.8, 4) is 0 Å². The Morgan fingerprint density at radius 1 is 0.795 bits per heavy atom. The molecule has 8 aliphatic rings. The Morgan fingerprint density at radius 2 is 1.52 bits per heavy atom. The summed E-state index contributed by atoms with van der Waals surface area (Å²) in [7, 11) is 0. The first-order chi connectivity index (χ1) is 20.4. The highest BCUT2D eigenvalue weighted by molar-refractivity contribution is 5.34. The maximum atomic E-state index is 12.4. The number of hydrogen-bond acceptors (Lipinski definition) is 9. The Morgan fingerprint density at radius 3 is 2.23 bits per heavy atom. The zero-order valence-electron chi connectivity index (χ0n) is 27.7. The molecule has 3 heterocycles. The smallest absolute Gasteiger partial charge is 0.186 e. The van der Waals surface area contributed by atoms with E-state index in [1.54, 1.807) is 0 Å². The van der Waals surface area contributed by atoms with Crippen LogP contribution in [0.25, 0.3) is 0 Å². The van der Waals surface area contributed by atoms with Gasteiger partial charge < -0.3 is 44.5 Å². The molecule has 8 fully saturated rings. The molecule has 8 rings (SSSR count). The van der Waals surface area contributed by atoms with Crippen molar-refractivity contribution in [2.24, 2.45) is 50.7 Å². The van der Waals surface area contributed by atoms with Gasteiger partial charge in [0.15, 0.2) is 12.1 Å². The lowest BCUT2D eigenvalue weighted by Crippen LogP contribution is -2.63. The van der Waals surface area contributed by atoms with Crippen molar-refractivity contribution in [2.75, 3.05) is 6.61 Å². The molecule has 0 aromatic heterocycles. The van der Waals surface area contributed by atoms with Gasteiger partial charge in [-0.3, -0.25) is 0 Å². The highest BCUT2D eigenvalue weighted by Gasteiger charge is 2.87. The summed E-state index contributed by atoms with van der Waals surface area (Å²) in [5, 5.41) is 54.2. The summed E-state index contributed by atoms with van der Waals surface area (Å²) in [5.74, 6) is 0.319. The van der Waals surface area contributed by atoms with Crippen LogP contribution in [0, 0.1) is 50.7 Å². The van der Waals surface area contributed by atoms with E-state index >= 15 is 0 Å². The molecule has 3 aliphatic heterocycles. The van der Waals surface area contributed by atoms with Crippen LogP contribution >= 0.6 is 0 Å². The molecule has 17 atom stereocenters. The van der Waals surface area contributed by atoms with Crippen LogP contribution in [0.15, 0.2) is 0 Å². The molecule has 0 radical (unpaired) electrons. The van der Waals surface area contributed by atoms with Crippen molar-refractivity contribution in [3.63, 3.8) is 0 Å². The van der Waals surface area contributed by atoms with Crippen LogP contribution in [0.3, 0.4) is 0 Å². The molecule has 9 nitrogen and oxygen atoms in total. The number of hydrogen-bond donors (Lipinski definition) is 5. The van der Waals surface area contributed by atoms with Gasteiger partial charge in [-0.2, -0.15) is 0 Å². The maximum Gasteiger partial charge on any atom is 0.186 e. The zero-order chi connectivity index (χ0) is 31.6. The Balaban J connectivity index is 1.10. The number of fused-ring (bicyclic) bond motifs is 4. The largest absolute Gasteiger partial charge is 0.393 e. The van der Waals surface area contributed by atoms with Gasteiger partial charge in [0.1, 0.15) is 24.4 Å². The SMILES string of the molecule is C[C@@H]1C[C@H]2O[C@]3(C[C@@]4(C)[C@@H]5[C@H](O)C[C@@H]6C(C)(C)[C@H](O[C@@H]7OC[C@@H](O)[C@H](O)[C@H]7O)CC[C@@]67C[C@@]57CC[C@]4(C)[C@H]13)O[C@H]2C(C)(C)O. The van der Waals surface area contributed by atoms with Crippen molar-refractivity contribution in [1.29, 1.82) is 0 Å². The summed E-state index contributed by atoms with van der Waals surface area (Å²) in [4.78, 5) is 0. The van der Waals surface area contributed by atoms with E-state index in [9.17, 15) is 25.5 Å². The van der Waals surface area contributed by atoms with Crippen LogP contribution in [0.2, 0.25) is 0 Å². The third-order valence-electron chi connectivity index (χ3n) is 15.7. The van der Waals surface area contributed by atoms with Crippen LogP contribution in [0.4, 0.5) is 0 Å². The lowest BCUT2D eigenvalue weighted by molar-refractivity contribution is -0.304.